The van der Waals surface area contributed by atoms with Gasteiger partial charge in [0.25, 0.3) is 0 Å². The minimum atomic E-state index is -0.699. The first-order valence-electron chi connectivity index (χ1n) is 13.5. The molecule has 1 heterocycles. The van der Waals surface area contributed by atoms with Gasteiger partial charge in [0.15, 0.2) is 6.29 Å². The molecule has 5 rings (SSSR count). The number of allylic oxidation sites excluding steroid dienone is 1. The van der Waals surface area contributed by atoms with Gasteiger partial charge < -0.3 is 20.1 Å². The van der Waals surface area contributed by atoms with Crippen LogP contribution in [-0.2, 0) is 4.74 Å². The summed E-state index contributed by atoms with van der Waals surface area (Å²) in [6, 6.07) is 0. The van der Waals surface area contributed by atoms with Crippen molar-refractivity contribution < 1.29 is 20.1 Å². The van der Waals surface area contributed by atoms with E-state index in [0.717, 1.165) is 51.4 Å². The Hall–Kier alpha value is -0.420. The van der Waals surface area contributed by atoms with Crippen molar-refractivity contribution in [3.8, 4) is 0 Å². The largest absolute Gasteiger partial charge is 0.396 e. The van der Waals surface area contributed by atoms with Crippen LogP contribution < -0.4 is 0 Å². The molecule has 33 heavy (non-hydrogen) atoms. The van der Waals surface area contributed by atoms with Gasteiger partial charge in [-0.3, -0.25) is 0 Å². The number of rotatable bonds is 1. The van der Waals surface area contributed by atoms with Crippen molar-refractivity contribution in [3.05, 3.63) is 11.6 Å². The fourth-order valence-electron chi connectivity index (χ4n) is 10.0. The molecule has 3 N–H and O–H groups in total. The quantitative estimate of drug-likeness (QED) is 0.455. The van der Waals surface area contributed by atoms with E-state index in [9.17, 15) is 15.3 Å². The summed E-state index contributed by atoms with van der Waals surface area (Å²) >= 11 is 0. The van der Waals surface area contributed by atoms with E-state index in [0.29, 0.717) is 17.8 Å². The van der Waals surface area contributed by atoms with Crippen molar-refractivity contribution in [2.45, 2.75) is 118 Å². The summed E-state index contributed by atoms with van der Waals surface area (Å²) in [5.41, 5.74) is 1.12. The minimum Gasteiger partial charge on any atom is -0.396 e. The highest BCUT2D eigenvalue weighted by Gasteiger charge is 2.69. The van der Waals surface area contributed by atoms with Crippen molar-refractivity contribution in [3.63, 3.8) is 0 Å². The predicted molar refractivity (Wildman–Crippen MR) is 130 cm³/mol. The zero-order chi connectivity index (χ0) is 24.2. The molecule has 3 saturated carbocycles. The average Bonchev–Trinajstić information content (AvgIpc) is 2.73. The van der Waals surface area contributed by atoms with E-state index in [1.165, 1.54) is 0 Å². The van der Waals surface area contributed by atoms with Gasteiger partial charge in [-0.1, -0.05) is 53.2 Å². The van der Waals surface area contributed by atoms with Gasteiger partial charge in [0.2, 0.25) is 0 Å². The molecule has 0 bridgehead atoms. The van der Waals surface area contributed by atoms with Crippen LogP contribution in [0.4, 0.5) is 0 Å². The fraction of sp³-hybridized carbons (Fsp3) is 0.931. The summed E-state index contributed by atoms with van der Waals surface area (Å²) in [5, 5.41) is 32.0. The second-order valence-electron chi connectivity index (χ2n) is 14.5. The van der Waals surface area contributed by atoms with E-state index in [-0.39, 0.29) is 33.9 Å². The Labute approximate surface area is 201 Å². The van der Waals surface area contributed by atoms with Gasteiger partial charge >= 0.3 is 0 Å². The third-order valence-corrected chi connectivity index (χ3v) is 12.7. The maximum atomic E-state index is 10.9. The van der Waals surface area contributed by atoms with E-state index in [2.05, 4.69) is 54.5 Å². The molecule has 4 nitrogen and oxygen atoms in total. The van der Waals surface area contributed by atoms with E-state index in [1.807, 2.05) is 0 Å². The zero-order valence-corrected chi connectivity index (χ0v) is 22.1. The molecule has 0 aromatic carbocycles. The lowest BCUT2D eigenvalue weighted by molar-refractivity contribution is -0.291. The molecule has 0 aromatic heterocycles. The highest BCUT2D eigenvalue weighted by molar-refractivity contribution is 5.34. The predicted octanol–water partition coefficient (Wildman–Crippen LogP) is 5.45. The second kappa shape index (κ2) is 7.08. The SMILES string of the molecule is CC1(C)C[C@@H]2C3=CC[C@@H]4[C@@]5(C)CC[C@H](O)[C@@](C)(CO)C5CC[C@@]4(C)[C@]3(C)CC[C@@]2(C)O[C@@H]1O. The molecule has 0 amide bonds. The van der Waals surface area contributed by atoms with Gasteiger partial charge in [-0.15, -0.1) is 0 Å². The van der Waals surface area contributed by atoms with Gasteiger partial charge in [-0.2, -0.15) is 0 Å². The van der Waals surface area contributed by atoms with Crippen LogP contribution in [0.25, 0.3) is 0 Å². The second-order valence-corrected chi connectivity index (χ2v) is 14.5. The van der Waals surface area contributed by atoms with Gasteiger partial charge in [-0.25, -0.2) is 0 Å². The minimum absolute atomic E-state index is 0.0748. The standard InChI is InChI=1S/C29H48O4/c1-24(2)16-19-18-8-9-21-25(3)12-11-22(31)26(4,17-30)20(25)10-13-28(21,6)27(18,5)14-15-29(19,7)33-23(24)32/h8,19-23,30-32H,9-17H2,1-7H3/t19-,20?,21-,22+,23+,25+,26+,27-,28-,29-/m1/s1. The molecule has 5 aliphatic rings. The molecule has 10 atom stereocenters. The molecule has 4 fully saturated rings. The smallest absolute Gasteiger partial charge is 0.160 e. The van der Waals surface area contributed by atoms with Crippen LogP contribution in [-0.4, -0.2) is 39.9 Å². The van der Waals surface area contributed by atoms with E-state index < -0.39 is 17.8 Å². The molecule has 1 saturated heterocycles. The van der Waals surface area contributed by atoms with Crippen molar-refractivity contribution in [1.29, 1.82) is 0 Å². The lowest BCUT2D eigenvalue weighted by Gasteiger charge is -2.71. The third kappa shape index (κ3) is 2.90. The van der Waals surface area contributed by atoms with Gasteiger partial charge in [0, 0.05) is 16.7 Å². The Balaban J connectivity index is 1.57. The van der Waals surface area contributed by atoms with Crippen LogP contribution >= 0.6 is 0 Å². The lowest BCUT2D eigenvalue weighted by atomic mass is 9.34. The van der Waals surface area contributed by atoms with Gasteiger partial charge in [-0.05, 0) is 86.4 Å². The van der Waals surface area contributed by atoms with Gasteiger partial charge in [0.1, 0.15) is 0 Å². The maximum absolute atomic E-state index is 10.9. The molecule has 1 unspecified atom stereocenters. The molecular weight excluding hydrogens is 412 g/mol. The van der Waals surface area contributed by atoms with Gasteiger partial charge in [0.05, 0.1) is 18.3 Å². The molecule has 0 radical (unpaired) electrons. The molecule has 4 heteroatoms. The van der Waals surface area contributed by atoms with E-state index >= 15 is 0 Å². The molecule has 1 aliphatic heterocycles. The van der Waals surface area contributed by atoms with E-state index in [1.54, 1.807) is 5.57 Å². The first kappa shape index (κ1) is 24.3. The van der Waals surface area contributed by atoms with Crippen LogP contribution in [0.5, 0.6) is 0 Å². The average molecular weight is 461 g/mol. The van der Waals surface area contributed by atoms with Crippen LogP contribution in [0, 0.1) is 44.8 Å². The number of ether oxygens (including phenoxy) is 1. The van der Waals surface area contributed by atoms with Crippen molar-refractivity contribution in [2.24, 2.45) is 44.8 Å². The first-order valence-corrected chi connectivity index (χ1v) is 13.5. The molecule has 4 aliphatic carbocycles. The highest BCUT2D eigenvalue weighted by atomic mass is 16.6. The van der Waals surface area contributed by atoms with E-state index in [4.69, 9.17) is 4.74 Å². The Morgan fingerprint density at radius 3 is 2.27 bits per heavy atom. The molecule has 0 spiro atoms. The summed E-state index contributed by atoms with van der Waals surface area (Å²) in [5.74, 6) is 1.27. The summed E-state index contributed by atoms with van der Waals surface area (Å²) in [6.07, 6.45) is 9.73. The Bertz CT molecular complexity index is 851. The topological polar surface area (TPSA) is 69.9 Å². The molecule has 0 aromatic rings. The van der Waals surface area contributed by atoms with Crippen molar-refractivity contribution in [1.82, 2.24) is 0 Å². The number of aliphatic hydroxyl groups excluding tert-OH is 3. The Morgan fingerprint density at radius 1 is 0.909 bits per heavy atom. The number of fused-ring (bicyclic) bond motifs is 7. The Morgan fingerprint density at radius 2 is 1.61 bits per heavy atom. The normalized spacial score (nSPS) is 57.8. The monoisotopic (exact) mass is 460 g/mol. The van der Waals surface area contributed by atoms with Crippen LogP contribution in [0.15, 0.2) is 11.6 Å². The summed E-state index contributed by atoms with van der Waals surface area (Å²) in [7, 11) is 0. The molecular formula is C29H48O4. The maximum Gasteiger partial charge on any atom is 0.160 e. The molecule has 188 valence electrons. The van der Waals surface area contributed by atoms with Crippen LogP contribution in [0.2, 0.25) is 0 Å². The third-order valence-electron chi connectivity index (χ3n) is 12.7. The lowest BCUT2D eigenvalue weighted by Crippen LogP contribution is -2.66. The van der Waals surface area contributed by atoms with Crippen molar-refractivity contribution >= 4 is 0 Å². The number of hydrogen-bond donors (Lipinski definition) is 3. The summed E-state index contributed by atoms with van der Waals surface area (Å²) in [4.78, 5) is 0. The highest BCUT2D eigenvalue weighted by Crippen LogP contribution is 2.74. The van der Waals surface area contributed by atoms with Crippen LogP contribution in [0.1, 0.15) is 99.8 Å². The summed E-state index contributed by atoms with van der Waals surface area (Å²) < 4.78 is 6.37. The zero-order valence-electron chi connectivity index (χ0n) is 22.1. The van der Waals surface area contributed by atoms with Crippen LogP contribution in [0.3, 0.4) is 0 Å². The van der Waals surface area contributed by atoms with Crippen molar-refractivity contribution in [2.75, 3.05) is 6.61 Å². The number of hydrogen-bond acceptors (Lipinski definition) is 4. The fourth-order valence-corrected chi connectivity index (χ4v) is 10.0. The Kier molecular flexibility index (Phi) is 5.21. The first-order chi connectivity index (χ1) is 15.2. The number of aliphatic hydroxyl groups is 3. The summed E-state index contributed by atoms with van der Waals surface area (Å²) in [6.45, 7) is 16.3.